The van der Waals surface area contributed by atoms with E-state index in [-0.39, 0.29) is 37.2 Å². The zero-order valence-electron chi connectivity index (χ0n) is 14.3. The molecule has 2 atom stereocenters. The molecule has 1 saturated heterocycles. The Morgan fingerprint density at radius 1 is 1.41 bits per heavy atom. The molecule has 1 aromatic carbocycles. The smallest absolute Gasteiger partial charge is 0.416 e. The van der Waals surface area contributed by atoms with Gasteiger partial charge in [0.15, 0.2) is 12.3 Å². The van der Waals surface area contributed by atoms with Crippen LogP contribution in [0.1, 0.15) is 21.9 Å². The molecule has 1 aliphatic rings. The number of oxazole rings is 1. The standard InChI is InChI=1S/C17H17F3N2O5/c1-22(13-7-25-8-14(13)23)16(24)12-6-27-15(21-12)9-26-11-4-2-3-10(5-11)17(18,19)20/h2-6,13-14,23H,7-9H2,1H3/t13-,14-/m1/s1. The highest BCUT2D eigenvalue weighted by molar-refractivity contribution is 5.92. The molecule has 1 fully saturated rings. The van der Waals surface area contributed by atoms with E-state index in [0.29, 0.717) is 0 Å². The number of carbonyl (C=O) groups is 1. The number of benzene rings is 1. The molecule has 3 rings (SSSR count). The number of carbonyl (C=O) groups excluding carboxylic acids is 1. The van der Waals surface area contributed by atoms with Gasteiger partial charge in [0.05, 0.1) is 30.9 Å². The van der Waals surface area contributed by atoms with Crippen LogP contribution in [0.5, 0.6) is 5.75 Å². The maximum Gasteiger partial charge on any atom is 0.416 e. The van der Waals surface area contributed by atoms with Crippen molar-refractivity contribution in [3.05, 3.63) is 47.7 Å². The topological polar surface area (TPSA) is 85.0 Å². The fraction of sp³-hybridized carbons (Fsp3) is 0.412. The van der Waals surface area contributed by atoms with Gasteiger partial charge in [-0.25, -0.2) is 4.98 Å². The van der Waals surface area contributed by atoms with E-state index in [1.807, 2.05) is 0 Å². The van der Waals surface area contributed by atoms with Crippen molar-refractivity contribution in [1.82, 2.24) is 9.88 Å². The number of ether oxygens (including phenoxy) is 2. The molecule has 0 unspecified atom stereocenters. The summed E-state index contributed by atoms with van der Waals surface area (Å²) in [6, 6.07) is 3.92. The van der Waals surface area contributed by atoms with Gasteiger partial charge in [0, 0.05) is 7.05 Å². The van der Waals surface area contributed by atoms with Crippen LogP contribution in [0, 0.1) is 0 Å². The highest BCUT2D eigenvalue weighted by atomic mass is 19.4. The lowest BCUT2D eigenvalue weighted by molar-refractivity contribution is -0.137. The van der Waals surface area contributed by atoms with Gasteiger partial charge >= 0.3 is 6.18 Å². The van der Waals surface area contributed by atoms with E-state index in [0.717, 1.165) is 18.4 Å². The molecule has 10 heteroatoms. The van der Waals surface area contributed by atoms with Crippen molar-refractivity contribution < 1.29 is 37.0 Å². The Kier molecular flexibility index (Phi) is 5.38. The summed E-state index contributed by atoms with van der Waals surface area (Å²) in [5, 5.41) is 9.79. The number of halogens is 3. The van der Waals surface area contributed by atoms with Crippen LogP contribution in [0.25, 0.3) is 0 Å². The van der Waals surface area contributed by atoms with Crippen LogP contribution < -0.4 is 4.74 Å². The first-order chi connectivity index (χ1) is 12.8. The Labute approximate surface area is 152 Å². The normalized spacial score (nSPS) is 19.9. The number of likely N-dealkylation sites (N-methyl/N-ethyl adjacent to an activating group) is 1. The number of alkyl halides is 3. The second-order valence-electron chi connectivity index (χ2n) is 6.03. The van der Waals surface area contributed by atoms with E-state index in [4.69, 9.17) is 13.9 Å². The fourth-order valence-electron chi connectivity index (χ4n) is 2.62. The molecule has 0 saturated carbocycles. The summed E-state index contributed by atoms with van der Waals surface area (Å²) in [4.78, 5) is 17.7. The van der Waals surface area contributed by atoms with Gasteiger partial charge in [-0.2, -0.15) is 13.2 Å². The quantitative estimate of drug-likeness (QED) is 0.847. The van der Waals surface area contributed by atoms with Gasteiger partial charge in [-0.3, -0.25) is 4.79 Å². The molecule has 0 spiro atoms. The van der Waals surface area contributed by atoms with Gasteiger partial charge in [-0.15, -0.1) is 0 Å². The largest absolute Gasteiger partial charge is 0.484 e. The molecule has 2 heterocycles. The first kappa shape index (κ1) is 19.2. The van der Waals surface area contributed by atoms with E-state index in [1.54, 1.807) is 0 Å². The molecule has 7 nitrogen and oxygen atoms in total. The third-order valence-electron chi connectivity index (χ3n) is 4.13. The molecule has 0 aliphatic carbocycles. The third-order valence-corrected chi connectivity index (χ3v) is 4.13. The molecule has 0 bridgehead atoms. The minimum Gasteiger partial charge on any atom is -0.484 e. The lowest BCUT2D eigenvalue weighted by Crippen LogP contribution is -2.44. The Morgan fingerprint density at radius 3 is 2.85 bits per heavy atom. The van der Waals surface area contributed by atoms with Crippen molar-refractivity contribution in [3.8, 4) is 5.75 Å². The minimum absolute atomic E-state index is 0.000698. The van der Waals surface area contributed by atoms with Crippen LogP contribution in [0.15, 0.2) is 34.9 Å². The van der Waals surface area contributed by atoms with E-state index in [1.165, 1.54) is 24.1 Å². The second kappa shape index (κ2) is 7.57. The van der Waals surface area contributed by atoms with Crippen molar-refractivity contribution in [2.24, 2.45) is 0 Å². The number of hydrogen-bond acceptors (Lipinski definition) is 6. The Hall–Kier alpha value is -2.59. The van der Waals surface area contributed by atoms with Crippen LogP contribution >= 0.6 is 0 Å². The monoisotopic (exact) mass is 386 g/mol. The minimum atomic E-state index is -4.47. The lowest BCUT2D eigenvalue weighted by Gasteiger charge is -2.24. The summed E-state index contributed by atoms with van der Waals surface area (Å²) in [6.07, 6.45) is -4.12. The highest BCUT2D eigenvalue weighted by Crippen LogP contribution is 2.31. The molecule has 27 heavy (non-hydrogen) atoms. The first-order valence-corrected chi connectivity index (χ1v) is 8.03. The summed E-state index contributed by atoms with van der Waals surface area (Å²) >= 11 is 0. The van der Waals surface area contributed by atoms with Gasteiger partial charge < -0.3 is 23.9 Å². The first-order valence-electron chi connectivity index (χ1n) is 8.03. The lowest BCUT2D eigenvalue weighted by atomic mass is 10.2. The average Bonchev–Trinajstić information content (AvgIpc) is 3.27. The maximum atomic E-state index is 12.7. The second-order valence-corrected chi connectivity index (χ2v) is 6.03. The molecular weight excluding hydrogens is 369 g/mol. The number of aromatic nitrogens is 1. The van der Waals surface area contributed by atoms with Gasteiger partial charge in [0.1, 0.15) is 12.0 Å². The Bertz CT molecular complexity index is 808. The van der Waals surface area contributed by atoms with Gasteiger partial charge in [-0.05, 0) is 18.2 Å². The number of aliphatic hydroxyl groups excluding tert-OH is 1. The van der Waals surface area contributed by atoms with Gasteiger partial charge in [0.2, 0.25) is 5.89 Å². The molecule has 2 aromatic rings. The van der Waals surface area contributed by atoms with Crippen molar-refractivity contribution in [2.75, 3.05) is 20.3 Å². The summed E-state index contributed by atoms with van der Waals surface area (Å²) < 4.78 is 53.6. The summed E-state index contributed by atoms with van der Waals surface area (Å²) in [6.45, 7) is 0.122. The van der Waals surface area contributed by atoms with E-state index in [2.05, 4.69) is 4.98 Å². The van der Waals surface area contributed by atoms with Crippen molar-refractivity contribution in [1.29, 1.82) is 0 Å². The van der Waals surface area contributed by atoms with Crippen molar-refractivity contribution >= 4 is 5.91 Å². The highest BCUT2D eigenvalue weighted by Gasteiger charge is 2.34. The summed E-state index contributed by atoms with van der Waals surface area (Å²) in [5.41, 5.74) is -0.832. The molecule has 1 aromatic heterocycles. The molecule has 1 aliphatic heterocycles. The summed E-state index contributed by atoms with van der Waals surface area (Å²) in [7, 11) is 1.51. The third kappa shape index (κ3) is 4.40. The van der Waals surface area contributed by atoms with Crippen molar-refractivity contribution in [2.45, 2.75) is 24.9 Å². The predicted molar refractivity (Wildman–Crippen MR) is 85.0 cm³/mol. The Balaban J connectivity index is 1.62. The van der Waals surface area contributed by atoms with E-state index in [9.17, 15) is 23.1 Å². The molecule has 1 amide bonds. The van der Waals surface area contributed by atoms with Gasteiger partial charge in [-0.1, -0.05) is 6.07 Å². The number of aliphatic hydroxyl groups is 1. The van der Waals surface area contributed by atoms with Crippen LogP contribution in [0.4, 0.5) is 13.2 Å². The van der Waals surface area contributed by atoms with Crippen LogP contribution in [0.2, 0.25) is 0 Å². The van der Waals surface area contributed by atoms with E-state index >= 15 is 0 Å². The summed E-state index contributed by atoms with van der Waals surface area (Å²) in [5.74, 6) is -0.440. The molecule has 0 radical (unpaired) electrons. The number of hydrogen-bond donors (Lipinski definition) is 1. The van der Waals surface area contributed by atoms with Crippen LogP contribution in [-0.4, -0.2) is 53.3 Å². The average molecular weight is 386 g/mol. The van der Waals surface area contributed by atoms with E-state index < -0.39 is 29.8 Å². The predicted octanol–water partition coefficient (Wildman–Crippen LogP) is 2.10. The molecule has 1 N–H and O–H groups in total. The number of amides is 1. The fourth-order valence-corrected chi connectivity index (χ4v) is 2.62. The Morgan fingerprint density at radius 2 is 2.19 bits per heavy atom. The molecular formula is C17H17F3N2O5. The number of rotatable bonds is 5. The SMILES string of the molecule is CN(C(=O)c1coc(COc2cccc(C(F)(F)F)c2)n1)[C@@H]1COC[C@H]1O. The van der Waals surface area contributed by atoms with Crippen LogP contribution in [-0.2, 0) is 17.5 Å². The number of nitrogens with zero attached hydrogens (tertiary/aromatic N) is 2. The molecule has 146 valence electrons. The maximum absolute atomic E-state index is 12.7. The zero-order valence-corrected chi connectivity index (χ0v) is 14.3. The zero-order chi connectivity index (χ0) is 19.6. The van der Waals surface area contributed by atoms with Crippen LogP contribution in [0.3, 0.4) is 0 Å². The van der Waals surface area contributed by atoms with Gasteiger partial charge in [0.25, 0.3) is 5.91 Å². The van der Waals surface area contributed by atoms with Crippen molar-refractivity contribution in [3.63, 3.8) is 0 Å².